The van der Waals surface area contributed by atoms with Crippen LogP contribution >= 0.6 is 0 Å². The van der Waals surface area contributed by atoms with Gasteiger partial charge in [-0.1, -0.05) is 0 Å². The minimum Gasteiger partial charge on any atom is -0.293 e. The van der Waals surface area contributed by atoms with Crippen molar-refractivity contribution in [2.75, 3.05) is 6.54 Å². The number of nitro groups is 2. The van der Waals surface area contributed by atoms with Crippen molar-refractivity contribution >= 4 is 302 Å². The van der Waals surface area contributed by atoms with Crippen molar-refractivity contribution in [2.45, 2.75) is 23.4 Å². The molecule has 0 aromatic heterocycles. The first-order valence-corrected chi connectivity index (χ1v) is 30.8. The second-order valence-corrected chi connectivity index (χ2v) is 29.3. The van der Waals surface area contributed by atoms with Crippen molar-refractivity contribution in [1.29, 1.82) is 0 Å². The van der Waals surface area contributed by atoms with E-state index in [0.717, 1.165) is 6.07 Å². The van der Waals surface area contributed by atoms with Gasteiger partial charge in [0.25, 0.3) is 11.4 Å². The maximum atomic E-state index is 12.8. The number of hydrogen-bond donors (Lipinski definition) is 0. The summed E-state index contributed by atoms with van der Waals surface area (Å²) in [5.41, 5.74) is 5.24. The van der Waals surface area contributed by atoms with E-state index >= 15 is 0 Å². The monoisotopic (exact) mass is 1130 g/mol. The normalized spacial score (nSPS) is 23.2. The molecule has 0 N–H and O–H groups in total. The average Bonchev–Trinajstić information content (AvgIpc) is 1.38. The van der Waals surface area contributed by atoms with Crippen molar-refractivity contribution in [3.05, 3.63) is 130 Å². The van der Waals surface area contributed by atoms with Crippen LogP contribution in [0, 0.1) is 83.9 Å². The Morgan fingerprint density at radius 3 is 0.770 bits per heavy atom. The van der Waals surface area contributed by atoms with Gasteiger partial charge in [-0.3, -0.25) is 25.1 Å². The molecule has 87 heavy (non-hydrogen) atoms. The molecule has 8 heteroatoms. The molecule has 1 aliphatic heterocycles. The van der Waals surface area contributed by atoms with Crippen LogP contribution in [-0.2, 0) is 34.4 Å². The third kappa shape index (κ3) is 2.46. The van der Waals surface area contributed by atoms with Gasteiger partial charge in [0.2, 0.25) is 0 Å². The Hall–Kier alpha value is -9.04. The van der Waals surface area contributed by atoms with Gasteiger partial charge >= 0.3 is 17.1 Å². The van der Waals surface area contributed by atoms with Crippen LogP contribution in [0.1, 0.15) is 27.8 Å². The molecule has 0 bridgehead atoms. The van der Waals surface area contributed by atoms with Crippen LogP contribution in [0.25, 0.3) is 291 Å². The molecule has 7 aliphatic rings. The number of benzene rings is 19. The summed E-state index contributed by atoms with van der Waals surface area (Å²) in [6.07, 6.45) is 19.2. The molecule has 1 unspecified atom stereocenters. The van der Waals surface area contributed by atoms with E-state index in [9.17, 15) is 20.2 Å². The van der Waals surface area contributed by atoms with Crippen LogP contribution in [0.15, 0.2) is 18.2 Å². The topological polar surface area (TPSA) is 89.5 Å². The smallest absolute Gasteiger partial charge is 0.293 e. The predicted octanol–water partition coefficient (Wildman–Crippen LogP) is 19.4. The Kier molecular flexibility index (Phi) is 4.22. The Morgan fingerprint density at radius 1 is 0.322 bits per heavy atom. The number of non-ortho nitro benzene ring substituents is 2. The third-order valence-corrected chi connectivity index (χ3v) is 28.1. The minimum atomic E-state index is -0.626. The quantitative estimate of drug-likeness (QED) is 0.0741. The Labute approximate surface area is 490 Å². The van der Waals surface area contributed by atoms with Crippen LogP contribution < -0.4 is 0 Å². The molecule has 3 fully saturated rings. The number of rotatable bonds is 5. The molecule has 1 heterocycles. The van der Waals surface area contributed by atoms with E-state index in [1.54, 1.807) is 239 Å². The van der Waals surface area contributed by atoms with Crippen molar-refractivity contribution in [1.82, 2.24) is 4.90 Å². The summed E-state index contributed by atoms with van der Waals surface area (Å²) in [7, 11) is 0. The van der Waals surface area contributed by atoms with Crippen molar-refractivity contribution in [3.63, 3.8) is 0 Å². The van der Waals surface area contributed by atoms with Crippen LogP contribution in [0.3, 0.4) is 0 Å². The van der Waals surface area contributed by atoms with Gasteiger partial charge in [-0.15, -0.1) is 0 Å². The zero-order valence-electron chi connectivity index (χ0n) is 44.2. The fourth-order valence-corrected chi connectivity index (χ4v) is 27.6. The maximum Gasteiger partial charge on any atom is 2.00 e. The summed E-state index contributed by atoms with van der Waals surface area (Å²) < 4.78 is 0. The van der Waals surface area contributed by atoms with Gasteiger partial charge in [-0.25, -0.2) is 0 Å². The first-order chi connectivity index (χ1) is 42.5. The molecule has 29 aromatic rings. The fourth-order valence-electron chi connectivity index (χ4n) is 27.6. The SMILES string of the molecule is O=[N+]([O-])c1cc(CN2CC34c5c6c7c8c9c%10c(c%11c%12c3c3c5c5c%13c6c6c7c7c9c9c%14c%10c%10c%11c%11c%12c%12c3c3c5c5c%13c%13c6c6c7c9c7c9c%14c%10c%10c%11c%11c%12c3c3c5c5c%13c6c7c6c9c%10c%11c3c56)C84C2[C]2[CH][CH][CH][CH]2)cc([N+](=O)[O-])c1.[CH]1[CH][CH][CH][CH]1.[Fe+2]. The summed E-state index contributed by atoms with van der Waals surface area (Å²) in [5, 5.41) is 110. The van der Waals surface area contributed by atoms with E-state index in [4.69, 9.17) is 0 Å². The summed E-state index contributed by atoms with van der Waals surface area (Å²) in [6.45, 7) is 1.03. The molecule has 36 rings (SSSR count). The molecule has 1 atom stereocenters. The van der Waals surface area contributed by atoms with E-state index in [-0.39, 0.29) is 34.5 Å². The van der Waals surface area contributed by atoms with Crippen LogP contribution in [0.4, 0.5) is 11.4 Å². The van der Waals surface area contributed by atoms with Crippen molar-refractivity contribution in [2.24, 2.45) is 0 Å². The molecule has 378 valence electrons. The van der Waals surface area contributed by atoms with E-state index in [1.165, 1.54) is 92.1 Å². The standard InChI is InChI=1S/C74H12N3O4.C5H5.Fe/c78-76(79)12-5-10(6-13(7-12)77(80)81)8-75-9-73-68-60-52-42-32-24-16-14-15-18-22-20(16)28-36-30(22)40-34-26(18)27-19(15)23-21-17(14)25(24)33-39-29(21)37-31(23)41-35(27)45-44(34)56-50(40)58-48(36)54(46(52)38(28)32)62(68)64(58)70-66(56)67-57(45)51(41)59-49(37)55-47(39)53(43(33)42)61(60)69(73)63(55)65(59)71(67)74(70,73)72(75)11-3-1-2-4-11;1-2-4-5-3-1;/h1-7,72H,8-9H2;1-5H;/q;;+2. The molecule has 1 saturated heterocycles. The minimum absolute atomic E-state index is 0. The molecule has 2 spiro atoms. The van der Waals surface area contributed by atoms with Gasteiger partial charge in [0.15, 0.2) is 0 Å². The molecule has 10 radical (unpaired) electrons. The number of hydrogen-bond acceptors (Lipinski definition) is 5. The zero-order valence-corrected chi connectivity index (χ0v) is 45.4. The van der Waals surface area contributed by atoms with Crippen LogP contribution in [0.5, 0.6) is 0 Å². The van der Waals surface area contributed by atoms with E-state index < -0.39 is 20.7 Å². The first kappa shape index (κ1) is 38.2. The van der Waals surface area contributed by atoms with Crippen molar-refractivity contribution in [3.8, 4) is 0 Å². The molecule has 2 saturated carbocycles. The summed E-state index contributed by atoms with van der Waals surface area (Å²) in [5.74, 6) is 1.27. The van der Waals surface area contributed by atoms with Gasteiger partial charge in [0.1, 0.15) is 0 Å². The third-order valence-electron chi connectivity index (χ3n) is 28.1. The number of likely N-dealkylation sites (tertiary alicyclic amines) is 1. The average molecular weight is 1130 g/mol. The van der Waals surface area contributed by atoms with E-state index in [1.807, 2.05) is 32.1 Å². The second-order valence-electron chi connectivity index (χ2n) is 29.3. The molecular weight excluding hydrogens is 1110 g/mol. The zero-order chi connectivity index (χ0) is 53.0. The van der Waals surface area contributed by atoms with Crippen LogP contribution in [-0.4, -0.2) is 27.3 Å². The summed E-state index contributed by atoms with van der Waals surface area (Å²) in [4.78, 5) is 27.5. The van der Waals surface area contributed by atoms with Crippen LogP contribution in [0.2, 0.25) is 0 Å². The van der Waals surface area contributed by atoms with Gasteiger partial charge in [0.05, 0.1) is 26.7 Å². The van der Waals surface area contributed by atoms with E-state index in [0.29, 0.717) is 18.7 Å². The van der Waals surface area contributed by atoms with Gasteiger partial charge in [0, 0.05) is 37.2 Å². The summed E-state index contributed by atoms with van der Waals surface area (Å²) >= 11 is 0. The predicted molar refractivity (Wildman–Crippen MR) is 350 cm³/mol. The molecule has 6 aliphatic carbocycles. The number of nitro benzene ring substituents is 2. The fraction of sp³-hybridized carbons (Fsp3) is 0.0633. The summed E-state index contributed by atoms with van der Waals surface area (Å²) in [6, 6.07) is 4.22. The van der Waals surface area contributed by atoms with E-state index in [2.05, 4.69) is 30.6 Å². The van der Waals surface area contributed by atoms with Gasteiger partial charge in [-0.05, 0) is 376 Å². The molecule has 29 aromatic carbocycles. The Balaban J connectivity index is 0.000000667. The van der Waals surface area contributed by atoms with Gasteiger partial charge < -0.3 is 0 Å². The largest absolute Gasteiger partial charge is 2.00 e. The number of nitrogens with zero attached hydrogens (tertiary/aromatic N) is 3. The first-order valence-electron chi connectivity index (χ1n) is 30.8. The molecule has 0 amide bonds. The Morgan fingerprint density at radius 2 is 0.540 bits per heavy atom. The van der Waals surface area contributed by atoms with Crippen molar-refractivity contribution < 1.29 is 26.9 Å². The molecule has 7 nitrogen and oxygen atoms in total. The maximum absolute atomic E-state index is 12.8. The Bertz CT molecular complexity index is 7800. The second kappa shape index (κ2) is 9.61. The molecular formula is C79H17FeN3O4+2. The van der Waals surface area contributed by atoms with Gasteiger partial charge in [-0.2, -0.15) is 0 Å².